The van der Waals surface area contributed by atoms with E-state index in [9.17, 15) is 18.8 Å². The summed E-state index contributed by atoms with van der Waals surface area (Å²) < 4.78 is 14.8. The fourth-order valence-electron chi connectivity index (χ4n) is 3.71. The Balaban J connectivity index is 1.73. The molecular weight excluding hydrogens is 459 g/mol. The molecule has 0 saturated carbocycles. The minimum absolute atomic E-state index is 0.117. The van der Waals surface area contributed by atoms with Crippen LogP contribution in [0.5, 0.6) is 0 Å². The molecule has 0 radical (unpaired) electrons. The van der Waals surface area contributed by atoms with Gasteiger partial charge in [0, 0.05) is 23.5 Å². The number of hydrogen-bond acceptors (Lipinski definition) is 5. The van der Waals surface area contributed by atoms with E-state index in [-0.39, 0.29) is 29.5 Å². The highest BCUT2D eigenvalue weighted by Gasteiger charge is 2.17. The first-order chi connectivity index (χ1) is 17.4. The number of benzene rings is 2. The number of likely N-dealkylation sites (N-methyl/N-ethyl adjacent to an activating group) is 1. The number of rotatable bonds is 8. The van der Waals surface area contributed by atoms with E-state index in [4.69, 9.17) is 0 Å². The van der Waals surface area contributed by atoms with Crippen molar-refractivity contribution in [3.63, 3.8) is 0 Å². The summed E-state index contributed by atoms with van der Waals surface area (Å²) in [5.41, 5.74) is 2.51. The summed E-state index contributed by atoms with van der Waals surface area (Å²) >= 11 is 0. The zero-order valence-corrected chi connectivity index (χ0v) is 19.9. The van der Waals surface area contributed by atoms with Crippen molar-refractivity contribution in [2.75, 3.05) is 12.4 Å². The lowest BCUT2D eigenvalue weighted by Crippen LogP contribution is -2.37. The fourth-order valence-corrected chi connectivity index (χ4v) is 3.71. The van der Waals surface area contributed by atoms with Crippen LogP contribution in [0.25, 0.3) is 11.3 Å². The number of nitrogens with zero attached hydrogens (tertiary/aromatic N) is 2. The number of ketones is 1. The maximum Gasteiger partial charge on any atom is 0.275 e. The summed E-state index contributed by atoms with van der Waals surface area (Å²) in [6, 6.07) is 19.2. The van der Waals surface area contributed by atoms with E-state index >= 15 is 0 Å². The number of halogens is 1. The number of anilines is 1. The zero-order chi connectivity index (χ0) is 25.7. The topological polar surface area (TPSA) is 93.1 Å². The molecule has 1 amide bonds. The second-order valence-corrected chi connectivity index (χ2v) is 8.31. The number of hydrogen-bond donors (Lipinski definition) is 2. The number of amides is 1. The molecule has 1 atom stereocenters. The average molecular weight is 485 g/mol. The number of carbonyl (C=O) groups is 2. The molecule has 0 saturated heterocycles. The Labute approximate surface area is 207 Å². The molecule has 0 aliphatic rings. The molecule has 0 fully saturated rings. The molecule has 7 nitrogen and oxygen atoms in total. The van der Waals surface area contributed by atoms with Crippen LogP contribution >= 0.6 is 0 Å². The van der Waals surface area contributed by atoms with Gasteiger partial charge in [0.1, 0.15) is 11.5 Å². The van der Waals surface area contributed by atoms with Crippen LogP contribution in [0, 0.1) is 5.82 Å². The van der Waals surface area contributed by atoms with Crippen molar-refractivity contribution in [2.45, 2.75) is 19.5 Å². The van der Waals surface area contributed by atoms with Gasteiger partial charge in [-0.3, -0.25) is 19.4 Å². The molecular formula is C28H25FN4O3. The van der Waals surface area contributed by atoms with Crippen LogP contribution in [0.2, 0.25) is 0 Å². The smallest absolute Gasteiger partial charge is 0.275 e. The molecule has 2 aromatic heterocycles. The van der Waals surface area contributed by atoms with Crippen molar-refractivity contribution in [1.29, 1.82) is 0 Å². The molecule has 0 bridgehead atoms. The third-order valence-corrected chi connectivity index (χ3v) is 5.83. The fraction of sp³-hybridized carbons (Fsp3) is 0.143. The van der Waals surface area contributed by atoms with Gasteiger partial charge in [-0.15, -0.1) is 0 Å². The molecule has 2 heterocycles. The van der Waals surface area contributed by atoms with Gasteiger partial charge in [-0.25, -0.2) is 4.39 Å². The Morgan fingerprint density at radius 2 is 1.69 bits per heavy atom. The van der Waals surface area contributed by atoms with E-state index in [0.717, 1.165) is 5.56 Å². The van der Waals surface area contributed by atoms with Crippen molar-refractivity contribution in [1.82, 2.24) is 14.9 Å². The summed E-state index contributed by atoms with van der Waals surface area (Å²) in [6.45, 7) is 1.81. The van der Waals surface area contributed by atoms with Crippen molar-refractivity contribution in [2.24, 2.45) is 0 Å². The summed E-state index contributed by atoms with van der Waals surface area (Å²) in [6.07, 6.45) is 3.02. The predicted molar refractivity (Wildman–Crippen MR) is 136 cm³/mol. The predicted octanol–water partition coefficient (Wildman–Crippen LogP) is 3.88. The van der Waals surface area contributed by atoms with Crippen molar-refractivity contribution < 1.29 is 14.0 Å². The van der Waals surface area contributed by atoms with E-state index in [2.05, 4.69) is 15.6 Å². The van der Waals surface area contributed by atoms with Crippen molar-refractivity contribution >= 4 is 17.4 Å². The molecule has 182 valence electrons. The third-order valence-electron chi connectivity index (χ3n) is 5.83. The Bertz CT molecular complexity index is 1450. The maximum atomic E-state index is 13.5. The highest BCUT2D eigenvalue weighted by atomic mass is 19.1. The third kappa shape index (κ3) is 5.45. The summed E-state index contributed by atoms with van der Waals surface area (Å²) in [5, 5.41) is 5.53. The molecule has 0 aliphatic carbocycles. The van der Waals surface area contributed by atoms with E-state index in [1.165, 1.54) is 35.0 Å². The van der Waals surface area contributed by atoms with E-state index in [1.54, 1.807) is 38.4 Å². The number of carbonyl (C=O) groups excluding carboxylic acids is 2. The van der Waals surface area contributed by atoms with Gasteiger partial charge in [0.25, 0.3) is 5.56 Å². The van der Waals surface area contributed by atoms with Gasteiger partial charge in [-0.2, -0.15) is 0 Å². The van der Waals surface area contributed by atoms with Crippen LogP contribution in [0.4, 0.5) is 10.1 Å². The Morgan fingerprint density at radius 1 is 0.972 bits per heavy atom. The molecule has 36 heavy (non-hydrogen) atoms. The van der Waals surface area contributed by atoms with E-state index in [0.29, 0.717) is 22.4 Å². The van der Waals surface area contributed by atoms with Gasteiger partial charge in [0.15, 0.2) is 5.78 Å². The molecule has 2 aromatic carbocycles. The lowest BCUT2D eigenvalue weighted by molar-refractivity contribution is -0.117. The van der Waals surface area contributed by atoms with Crippen LogP contribution in [0.1, 0.15) is 28.4 Å². The van der Waals surface area contributed by atoms with Crippen LogP contribution < -0.4 is 16.2 Å². The normalized spacial score (nSPS) is 11.6. The highest BCUT2D eigenvalue weighted by Crippen LogP contribution is 2.21. The minimum Gasteiger partial charge on any atom is -0.320 e. The lowest BCUT2D eigenvalue weighted by atomic mass is 10.0. The lowest BCUT2D eigenvalue weighted by Gasteiger charge is -2.17. The first-order valence-corrected chi connectivity index (χ1v) is 11.4. The quantitative estimate of drug-likeness (QED) is 0.371. The summed E-state index contributed by atoms with van der Waals surface area (Å²) in [5.74, 6) is -1.06. The van der Waals surface area contributed by atoms with Crippen LogP contribution in [0.3, 0.4) is 0 Å². The molecule has 0 spiro atoms. The van der Waals surface area contributed by atoms with Gasteiger partial charge in [-0.05, 0) is 67.6 Å². The average Bonchev–Trinajstić information content (AvgIpc) is 2.91. The molecule has 0 aliphatic heterocycles. The highest BCUT2D eigenvalue weighted by molar-refractivity contribution is 6.08. The Morgan fingerprint density at radius 3 is 2.39 bits per heavy atom. The van der Waals surface area contributed by atoms with Gasteiger partial charge in [0.2, 0.25) is 5.91 Å². The maximum absolute atomic E-state index is 13.5. The standard InChI is InChI=1S/C28H25FN4O3/c1-18(30-2)27(35)32-24-12-13-25(20-6-4-3-5-7-20)33(28(24)36)17-19-14-22(16-31-15-19)26(34)21-8-10-23(29)11-9-21/h3-16,18,30H,17H2,1-2H3,(H,32,35). The monoisotopic (exact) mass is 484 g/mol. The van der Waals surface area contributed by atoms with E-state index in [1.807, 2.05) is 30.3 Å². The summed E-state index contributed by atoms with van der Waals surface area (Å²) in [7, 11) is 1.66. The largest absolute Gasteiger partial charge is 0.320 e. The van der Waals surface area contributed by atoms with Crippen molar-refractivity contribution in [3.8, 4) is 11.3 Å². The minimum atomic E-state index is -0.481. The van der Waals surface area contributed by atoms with Gasteiger partial charge in [0.05, 0.1) is 18.3 Å². The Kier molecular flexibility index (Phi) is 7.46. The van der Waals surface area contributed by atoms with Crippen LogP contribution in [0.15, 0.2) is 90.0 Å². The molecule has 1 unspecified atom stereocenters. The van der Waals surface area contributed by atoms with Crippen LogP contribution in [-0.4, -0.2) is 34.3 Å². The zero-order valence-electron chi connectivity index (χ0n) is 19.9. The van der Waals surface area contributed by atoms with Crippen molar-refractivity contribution in [3.05, 3.63) is 118 Å². The number of nitrogens with one attached hydrogen (secondary N) is 2. The number of aromatic nitrogens is 2. The second-order valence-electron chi connectivity index (χ2n) is 8.31. The van der Waals surface area contributed by atoms with E-state index < -0.39 is 11.9 Å². The van der Waals surface area contributed by atoms with Gasteiger partial charge in [-0.1, -0.05) is 30.3 Å². The van der Waals surface area contributed by atoms with Gasteiger partial charge >= 0.3 is 0 Å². The van der Waals surface area contributed by atoms with Crippen LogP contribution in [-0.2, 0) is 11.3 Å². The molecule has 2 N–H and O–H groups in total. The summed E-state index contributed by atoms with van der Waals surface area (Å²) in [4.78, 5) is 43.0. The first-order valence-electron chi connectivity index (χ1n) is 11.4. The SMILES string of the molecule is CNC(C)C(=O)Nc1ccc(-c2ccccc2)n(Cc2cncc(C(=O)c3ccc(F)cc3)c2)c1=O. The Hall–Kier alpha value is -4.43. The molecule has 4 rings (SSSR count). The molecule has 8 heteroatoms. The second kappa shape index (κ2) is 10.9. The number of pyridine rings is 2. The molecule has 4 aromatic rings. The first kappa shape index (κ1) is 24.7. The van der Waals surface area contributed by atoms with Gasteiger partial charge < -0.3 is 15.2 Å².